The summed E-state index contributed by atoms with van der Waals surface area (Å²) in [5.74, 6) is 1.52. The fourth-order valence-electron chi connectivity index (χ4n) is 4.99. The first-order valence-corrected chi connectivity index (χ1v) is 11.7. The van der Waals surface area contributed by atoms with Gasteiger partial charge in [-0.25, -0.2) is 0 Å². The summed E-state index contributed by atoms with van der Waals surface area (Å²) in [6.07, 6.45) is 4.69. The Labute approximate surface area is 194 Å². The van der Waals surface area contributed by atoms with E-state index in [1.165, 1.54) is 0 Å². The van der Waals surface area contributed by atoms with Gasteiger partial charge in [-0.15, -0.1) is 0 Å². The van der Waals surface area contributed by atoms with Crippen molar-refractivity contribution in [1.82, 2.24) is 4.90 Å². The zero-order valence-corrected chi connectivity index (χ0v) is 19.6. The fourth-order valence-corrected chi connectivity index (χ4v) is 5.12. The normalized spacial score (nSPS) is 23.1. The van der Waals surface area contributed by atoms with Gasteiger partial charge in [0.25, 0.3) is 0 Å². The van der Waals surface area contributed by atoms with Crippen molar-refractivity contribution >= 4 is 23.8 Å². The fraction of sp³-hybridized carbons (Fsp3) is 0.462. The van der Waals surface area contributed by atoms with Gasteiger partial charge in [0.15, 0.2) is 11.5 Å². The molecule has 32 heavy (non-hydrogen) atoms. The van der Waals surface area contributed by atoms with Crippen LogP contribution in [-0.4, -0.2) is 36.3 Å². The summed E-state index contributed by atoms with van der Waals surface area (Å²) in [4.78, 5) is 26.8. The van der Waals surface area contributed by atoms with Crippen LogP contribution in [0.25, 0.3) is 0 Å². The van der Waals surface area contributed by atoms with Crippen LogP contribution < -0.4 is 9.47 Å². The largest absolute Gasteiger partial charge is 0.493 e. The molecule has 5 nitrogen and oxygen atoms in total. The molecular formula is C26H30ClNO4. The van der Waals surface area contributed by atoms with Crippen LogP contribution in [0.3, 0.4) is 0 Å². The summed E-state index contributed by atoms with van der Waals surface area (Å²) in [6, 6.07) is 11.6. The van der Waals surface area contributed by atoms with Crippen molar-refractivity contribution in [3.05, 3.63) is 58.1 Å². The molecule has 0 saturated heterocycles. The number of halogens is 1. The topological polar surface area (TPSA) is 55.8 Å². The van der Waals surface area contributed by atoms with E-state index in [1.54, 1.807) is 7.11 Å². The molecule has 170 valence electrons. The SMILES string of the molecule is COc1cc2c(cc1OC(C)C)C(c1ccc(Cl)cc1)N([C@H]1CC[C@H](C=O)CC1)C(=O)C2. The highest BCUT2D eigenvalue weighted by atomic mass is 35.5. The quantitative estimate of drug-likeness (QED) is 0.549. The molecule has 2 aliphatic rings. The summed E-state index contributed by atoms with van der Waals surface area (Å²) >= 11 is 6.17. The van der Waals surface area contributed by atoms with Crippen LogP contribution in [0.4, 0.5) is 0 Å². The zero-order valence-electron chi connectivity index (χ0n) is 18.8. The van der Waals surface area contributed by atoms with Crippen LogP contribution in [0.2, 0.25) is 5.02 Å². The predicted molar refractivity (Wildman–Crippen MR) is 124 cm³/mol. The molecule has 0 bridgehead atoms. The third-order valence-electron chi connectivity index (χ3n) is 6.50. The van der Waals surface area contributed by atoms with E-state index in [-0.39, 0.29) is 30.0 Å². The predicted octanol–water partition coefficient (Wildman–Crippen LogP) is 5.37. The Morgan fingerprint density at radius 1 is 1.06 bits per heavy atom. The van der Waals surface area contributed by atoms with E-state index < -0.39 is 0 Å². The lowest BCUT2D eigenvalue weighted by atomic mass is 9.81. The maximum atomic E-state index is 13.5. The highest BCUT2D eigenvalue weighted by molar-refractivity contribution is 6.30. The Balaban J connectivity index is 1.81. The van der Waals surface area contributed by atoms with Crippen molar-refractivity contribution in [2.45, 2.75) is 64.1 Å². The smallest absolute Gasteiger partial charge is 0.228 e. The Morgan fingerprint density at radius 2 is 1.75 bits per heavy atom. The maximum absolute atomic E-state index is 13.5. The Kier molecular flexibility index (Phi) is 6.75. The monoisotopic (exact) mass is 455 g/mol. The van der Waals surface area contributed by atoms with E-state index in [4.69, 9.17) is 21.1 Å². The molecule has 2 aromatic rings. The number of carbonyl (C=O) groups is 2. The molecule has 2 aromatic carbocycles. The minimum atomic E-state index is -0.235. The first kappa shape index (κ1) is 22.7. The number of hydrogen-bond donors (Lipinski definition) is 0. The Hall–Kier alpha value is -2.53. The number of aldehydes is 1. The summed E-state index contributed by atoms with van der Waals surface area (Å²) in [5, 5.41) is 0.660. The molecule has 4 rings (SSSR count). The third kappa shape index (κ3) is 4.49. The van der Waals surface area contributed by atoms with Crippen molar-refractivity contribution in [1.29, 1.82) is 0 Å². The minimum Gasteiger partial charge on any atom is -0.493 e. The van der Waals surface area contributed by atoms with Gasteiger partial charge in [0.2, 0.25) is 5.91 Å². The van der Waals surface area contributed by atoms with Crippen molar-refractivity contribution in [3.63, 3.8) is 0 Å². The van der Waals surface area contributed by atoms with Gasteiger partial charge in [-0.1, -0.05) is 23.7 Å². The van der Waals surface area contributed by atoms with Gasteiger partial charge in [-0.3, -0.25) is 4.79 Å². The number of methoxy groups -OCH3 is 1. The van der Waals surface area contributed by atoms with Crippen LogP contribution >= 0.6 is 11.6 Å². The third-order valence-corrected chi connectivity index (χ3v) is 6.76. The number of carbonyl (C=O) groups excluding carboxylic acids is 2. The zero-order chi connectivity index (χ0) is 22.8. The summed E-state index contributed by atoms with van der Waals surface area (Å²) in [7, 11) is 1.62. The standard InChI is InChI=1S/C26H30ClNO4/c1-16(2)32-24-14-22-19(12-23(24)31-3)13-25(30)28(21-10-4-17(15-29)5-11-21)26(22)18-6-8-20(27)9-7-18/h6-9,12,14-17,21,26H,4-5,10-11,13H2,1-3H3/t17-,21-,26?. The molecule has 0 radical (unpaired) electrons. The van der Waals surface area contributed by atoms with E-state index in [0.717, 1.165) is 48.7 Å². The van der Waals surface area contributed by atoms with Crippen LogP contribution in [0.15, 0.2) is 36.4 Å². The summed E-state index contributed by atoms with van der Waals surface area (Å²) in [5.41, 5.74) is 3.03. The van der Waals surface area contributed by atoms with Gasteiger partial charge in [0.1, 0.15) is 6.29 Å². The molecule has 0 N–H and O–H groups in total. The van der Waals surface area contributed by atoms with Crippen molar-refractivity contribution in [2.75, 3.05) is 7.11 Å². The van der Waals surface area contributed by atoms with E-state index in [2.05, 4.69) is 0 Å². The minimum absolute atomic E-state index is 0.00382. The van der Waals surface area contributed by atoms with Gasteiger partial charge in [0, 0.05) is 17.0 Å². The average molecular weight is 456 g/mol. The van der Waals surface area contributed by atoms with Crippen molar-refractivity contribution in [2.24, 2.45) is 5.92 Å². The van der Waals surface area contributed by atoms with Crippen LogP contribution in [0, 0.1) is 5.92 Å². The molecule has 1 fully saturated rings. The van der Waals surface area contributed by atoms with Crippen LogP contribution in [-0.2, 0) is 16.0 Å². The van der Waals surface area contributed by atoms with Crippen molar-refractivity contribution in [3.8, 4) is 11.5 Å². The number of rotatable bonds is 6. The molecular weight excluding hydrogens is 426 g/mol. The molecule has 0 aromatic heterocycles. The van der Waals surface area contributed by atoms with Gasteiger partial charge >= 0.3 is 0 Å². The molecule has 1 amide bonds. The second kappa shape index (κ2) is 9.53. The Morgan fingerprint density at radius 3 is 2.34 bits per heavy atom. The van der Waals surface area contributed by atoms with Crippen LogP contribution in [0.1, 0.15) is 62.3 Å². The lowest BCUT2D eigenvalue weighted by Crippen LogP contribution is -2.48. The lowest BCUT2D eigenvalue weighted by molar-refractivity contribution is -0.137. The molecule has 1 saturated carbocycles. The number of nitrogens with zero attached hydrogens (tertiary/aromatic N) is 1. The first-order valence-electron chi connectivity index (χ1n) is 11.3. The van der Waals surface area contributed by atoms with Gasteiger partial charge in [-0.05, 0) is 80.5 Å². The number of benzene rings is 2. The van der Waals surface area contributed by atoms with E-state index in [1.807, 2.05) is 55.1 Å². The van der Waals surface area contributed by atoms with Gasteiger partial charge in [-0.2, -0.15) is 0 Å². The number of ether oxygens (including phenoxy) is 2. The number of hydrogen-bond acceptors (Lipinski definition) is 4. The maximum Gasteiger partial charge on any atom is 0.228 e. The second-order valence-corrected chi connectivity index (χ2v) is 9.44. The van der Waals surface area contributed by atoms with Crippen LogP contribution in [0.5, 0.6) is 11.5 Å². The lowest BCUT2D eigenvalue weighted by Gasteiger charge is -2.44. The van der Waals surface area contributed by atoms with Gasteiger partial charge < -0.3 is 19.2 Å². The van der Waals surface area contributed by atoms with E-state index >= 15 is 0 Å². The summed E-state index contributed by atoms with van der Waals surface area (Å²) < 4.78 is 11.6. The molecule has 1 atom stereocenters. The Bertz CT molecular complexity index is 980. The highest BCUT2D eigenvalue weighted by Crippen LogP contribution is 2.44. The first-order chi connectivity index (χ1) is 15.4. The molecule has 6 heteroatoms. The molecule has 0 spiro atoms. The van der Waals surface area contributed by atoms with E-state index in [0.29, 0.717) is 22.9 Å². The van der Waals surface area contributed by atoms with Gasteiger partial charge in [0.05, 0.1) is 25.7 Å². The van der Waals surface area contributed by atoms with Crippen molar-refractivity contribution < 1.29 is 19.1 Å². The number of fused-ring (bicyclic) bond motifs is 1. The molecule has 1 unspecified atom stereocenters. The molecule has 1 aliphatic heterocycles. The summed E-state index contributed by atoms with van der Waals surface area (Å²) in [6.45, 7) is 3.97. The highest BCUT2D eigenvalue weighted by Gasteiger charge is 2.40. The molecule has 1 heterocycles. The second-order valence-electron chi connectivity index (χ2n) is 9.01. The molecule has 1 aliphatic carbocycles. The average Bonchev–Trinajstić information content (AvgIpc) is 2.78. The number of amides is 1. The van der Waals surface area contributed by atoms with E-state index in [9.17, 15) is 9.59 Å².